The molecule has 0 amide bonds. The van der Waals surface area contributed by atoms with Crippen LogP contribution in [0.15, 0.2) is 60.8 Å². The quantitative estimate of drug-likeness (QED) is 0.0261. The van der Waals surface area contributed by atoms with Crippen LogP contribution in [0.3, 0.4) is 0 Å². The Hall–Kier alpha value is -2.89. The molecule has 0 aromatic rings. The summed E-state index contributed by atoms with van der Waals surface area (Å²) in [6.45, 7) is 6.54. The number of esters is 3. The van der Waals surface area contributed by atoms with Crippen molar-refractivity contribution in [3.63, 3.8) is 0 Å². The predicted octanol–water partition coefficient (Wildman–Crippen LogP) is 20.8. The second-order valence-corrected chi connectivity index (χ2v) is 20.6. The molecule has 0 rings (SSSR count). The van der Waals surface area contributed by atoms with Gasteiger partial charge in [-0.15, -0.1) is 0 Å². The third-order valence-electron chi connectivity index (χ3n) is 13.5. The van der Waals surface area contributed by atoms with Gasteiger partial charge in [-0.05, 0) is 83.5 Å². The first kappa shape index (κ1) is 68.1. The van der Waals surface area contributed by atoms with E-state index >= 15 is 0 Å². The van der Waals surface area contributed by atoms with Crippen LogP contribution >= 0.6 is 0 Å². The lowest BCUT2D eigenvalue weighted by Gasteiger charge is -2.18. The van der Waals surface area contributed by atoms with E-state index in [1.807, 2.05) is 0 Å². The molecule has 0 radical (unpaired) electrons. The third-order valence-corrected chi connectivity index (χ3v) is 13.5. The van der Waals surface area contributed by atoms with Gasteiger partial charge in [0.05, 0.1) is 0 Å². The van der Waals surface area contributed by atoms with Crippen LogP contribution in [0.2, 0.25) is 0 Å². The molecule has 0 saturated heterocycles. The van der Waals surface area contributed by atoms with Crippen molar-refractivity contribution in [2.75, 3.05) is 13.2 Å². The van der Waals surface area contributed by atoms with Gasteiger partial charge in [0.15, 0.2) is 6.10 Å². The summed E-state index contributed by atoms with van der Waals surface area (Å²) in [7, 11) is 0. The number of rotatable bonds is 56. The van der Waals surface area contributed by atoms with Crippen LogP contribution in [0.5, 0.6) is 0 Å². The first-order valence-corrected chi connectivity index (χ1v) is 30.8. The topological polar surface area (TPSA) is 78.9 Å². The smallest absolute Gasteiger partial charge is 0.306 e. The van der Waals surface area contributed by atoms with E-state index in [0.717, 1.165) is 96.3 Å². The van der Waals surface area contributed by atoms with Crippen LogP contribution in [-0.4, -0.2) is 37.2 Å². The molecule has 0 aliphatic rings. The SMILES string of the molecule is CC/C=C\C/C=C\C/C=C\C/C=C\CCCCCCC(=O)OC(COC(=O)CCCCCCCCCCCCC/C=C\CCCCCCCCCC)COC(=O)CCCCCCCCCCCCCCC. The molecule has 0 heterocycles. The Balaban J connectivity index is 4.32. The summed E-state index contributed by atoms with van der Waals surface area (Å²) in [5.41, 5.74) is 0. The lowest BCUT2D eigenvalue weighted by molar-refractivity contribution is -0.167. The Morgan fingerprint density at radius 1 is 0.296 bits per heavy atom. The minimum Gasteiger partial charge on any atom is -0.462 e. The van der Waals surface area contributed by atoms with Gasteiger partial charge in [0.25, 0.3) is 0 Å². The number of carbonyl (C=O) groups is 3. The lowest BCUT2D eigenvalue weighted by Crippen LogP contribution is -2.30. The molecule has 0 aliphatic carbocycles. The van der Waals surface area contributed by atoms with Crippen molar-refractivity contribution in [3.8, 4) is 0 Å². The zero-order valence-electron chi connectivity index (χ0n) is 47.2. The van der Waals surface area contributed by atoms with Crippen molar-refractivity contribution in [1.82, 2.24) is 0 Å². The van der Waals surface area contributed by atoms with Gasteiger partial charge in [0.2, 0.25) is 0 Å². The Bertz CT molecular complexity index is 1280. The average Bonchev–Trinajstić information content (AvgIpc) is 3.37. The van der Waals surface area contributed by atoms with Crippen molar-refractivity contribution < 1.29 is 28.6 Å². The van der Waals surface area contributed by atoms with Crippen molar-refractivity contribution in [2.24, 2.45) is 0 Å². The Kier molecular flexibility index (Phi) is 57.2. The summed E-state index contributed by atoms with van der Waals surface area (Å²) >= 11 is 0. The number of carbonyl (C=O) groups excluding carboxylic acids is 3. The maximum Gasteiger partial charge on any atom is 0.306 e. The summed E-state index contributed by atoms with van der Waals surface area (Å²) in [5, 5.41) is 0. The summed E-state index contributed by atoms with van der Waals surface area (Å²) in [6.07, 6.45) is 75.1. The second kappa shape index (κ2) is 59.7. The third kappa shape index (κ3) is 57.9. The van der Waals surface area contributed by atoms with Gasteiger partial charge in [0, 0.05) is 19.3 Å². The van der Waals surface area contributed by atoms with Gasteiger partial charge in [0.1, 0.15) is 13.2 Å². The van der Waals surface area contributed by atoms with Crippen LogP contribution in [0.25, 0.3) is 0 Å². The number of hydrogen-bond acceptors (Lipinski definition) is 6. The number of unbranched alkanes of at least 4 members (excludes halogenated alkanes) is 35. The van der Waals surface area contributed by atoms with Gasteiger partial charge in [-0.1, -0.05) is 274 Å². The zero-order valence-corrected chi connectivity index (χ0v) is 47.2. The summed E-state index contributed by atoms with van der Waals surface area (Å²) in [4.78, 5) is 38.2. The average molecular weight is 994 g/mol. The minimum absolute atomic E-state index is 0.0814. The van der Waals surface area contributed by atoms with Crippen LogP contribution in [0.1, 0.15) is 316 Å². The molecular formula is C65H116O6. The molecule has 1 atom stereocenters. The van der Waals surface area contributed by atoms with E-state index in [1.165, 1.54) is 180 Å². The van der Waals surface area contributed by atoms with Crippen LogP contribution < -0.4 is 0 Å². The molecule has 0 N–H and O–H groups in total. The standard InChI is InChI=1S/C65H116O6/c1-4-7-10-13-16-19-22-25-27-29-30-31-32-33-34-36-37-40-43-46-49-52-55-58-64(67)70-61-62(60-69-63(66)57-54-51-48-45-42-39-24-21-18-15-12-9-6-3)71-65(68)59-56-53-50-47-44-41-38-35-28-26-23-20-17-14-11-8-5-2/h8,11,17,20,26,28-30,38,41,62H,4-7,9-10,12-16,18-19,21-25,27,31-37,39-40,42-61H2,1-3H3/b11-8-,20-17-,28-26-,30-29-,41-38-. The van der Waals surface area contributed by atoms with E-state index < -0.39 is 6.10 Å². The first-order valence-electron chi connectivity index (χ1n) is 30.8. The van der Waals surface area contributed by atoms with Crippen molar-refractivity contribution in [2.45, 2.75) is 322 Å². The van der Waals surface area contributed by atoms with Crippen LogP contribution in [0.4, 0.5) is 0 Å². The Morgan fingerprint density at radius 3 is 0.873 bits per heavy atom. The van der Waals surface area contributed by atoms with Gasteiger partial charge >= 0.3 is 17.9 Å². The molecular weight excluding hydrogens is 877 g/mol. The van der Waals surface area contributed by atoms with Crippen molar-refractivity contribution in [3.05, 3.63) is 60.8 Å². The normalized spacial score (nSPS) is 12.4. The highest BCUT2D eigenvalue weighted by Crippen LogP contribution is 2.16. The highest BCUT2D eigenvalue weighted by atomic mass is 16.6. The van der Waals surface area contributed by atoms with E-state index in [1.54, 1.807) is 0 Å². The molecule has 6 heteroatoms. The van der Waals surface area contributed by atoms with Crippen LogP contribution in [-0.2, 0) is 28.6 Å². The molecule has 412 valence electrons. The van der Waals surface area contributed by atoms with Crippen molar-refractivity contribution in [1.29, 1.82) is 0 Å². The summed E-state index contributed by atoms with van der Waals surface area (Å²) in [6, 6.07) is 0. The Labute approximate surface area is 440 Å². The lowest BCUT2D eigenvalue weighted by atomic mass is 10.0. The molecule has 0 aromatic heterocycles. The molecule has 71 heavy (non-hydrogen) atoms. The van der Waals surface area contributed by atoms with E-state index in [-0.39, 0.29) is 31.1 Å². The highest BCUT2D eigenvalue weighted by Gasteiger charge is 2.19. The maximum atomic E-state index is 12.9. The minimum atomic E-state index is -0.786. The van der Waals surface area contributed by atoms with E-state index in [0.29, 0.717) is 19.3 Å². The van der Waals surface area contributed by atoms with E-state index in [2.05, 4.69) is 81.5 Å². The molecule has 6 nitrogen and oxygen atoms in total. The van der Waals surface area contributed by atoms with Crippen LogP contribution in [0, 0.1) is 0 Å². The molecule has 1 unspecified atom stereocenters. The van der Waals surface area contributed by atoms with E-state index in [4.69, 9.17) is 14.2 Å². The molecule has 0 bridgehead atoms. The fraction of sp³-hybridized carbons (Fsp3) is 0.800. The molecule has 0 spiro atoms. The molecule has 0 aliphatic heterocycles. The number of allylic oxidation sites excluding steroid dienone is 10. The summed E-state index contributed by atoms with van der Waals surface area (Å²) < 4.78 is 16.9. The first-order chi connectivity index (χ1) is 35.0. The summed E-state index contributed by atoms with van der Waals surface area (Å²) in [5.74, 6) is -0.891. The molecule has 0 fully saturated rings. The second-order valence-electron chi connectivity index (χ2n) is 20.6. The fourth-order valence-electron chi connectivity index (χ4n) is 8.90. The van der Waals surface area contributed by atoms with Gasteiger partial charge in [-0.25, -0.2) is 0 Å². The number of ether oxygens (including phenoxy) is 3. The predicted molar refractivity (Wildman–Crippen MR) is 307 cm³/mol. The van der Waals surface area contributed by atoms with Gasteiger partial charge < -0.3 is 14.2 Å². The molecule has 0 saturated carbocycles. The molecule has 0 aromatic carbocycles. The Morgan fingerprint density at radius 2 is 0.549 bits per heavy atom. The fourth-order valence-corrected chi connectivity index (χ4v) is 8.90. The zero-order chi connectivity index (χ0) is 51.4. The maximum absolute atomic E-state index is 12.9. The van der Waals surface area contributed by atoms with Gasteiger partial charge in [-0.2, -0.15) is 0 Å². The highest BCUT2D eigenvalue weighted by molar-refractivity contribution is 5.71. The number of hydrogen-bond donors (Lipinski definition) is 0. The van der Waals surface area contributed by atoms with Gasteiger partial charge in [-0.3, -0.25) is 14.4 Å². The monoisotopic (exact) mass is 993 g/mol. The largest absolute Gasteiger partial charge is 0.462 e. The van der Waals surface area contributed by atoms with Crippen molar-refractivity contribution >= 4 is 17.9 Å². The van der Waals surface area contributed by atoms with E-state index in [9.17, 15) is 14.4 Å².